The van der Waals surface area contributed by atoms with Crippen molar-refractivity contribution in [2.75, 3.05) is 26.9 Å². The van der Waals surface area contributed by atoms with E-state index in [0.29, 0.717) is 19.1 Å². The van der Waals surface area contributed by atoms with Crippen LogP contribution < -0.4 is 5.32 Å². The highest BCUT2D eigenvalue weighted by Gasteiger charge is 2.23. The Morgan fingerprint density at radius 1 is 1.25 bits per heavy atom. The zero-order valence-electron chi connectivity index (χ0n) is 13.5. The average Bonchev–Trinajstić information content (AvgIpc) is 2.37. The number of rotatable bonds is 11. The third-order valence-corrected chi connectivity index (χ3v) is 3.08. The van der Waals surface area contributed by atoms with E-state index in [1.807, 2.05) is 13.8 Å². The molecule has 0 radical (unpaired) electrons. The molecule has 2 unspecified atom stereocenters. The summed E-state index contributed by atoms with van der Waals surface area (Å²) < 4.78 is 10.1. The van der Waals surface area contributed by atoms with E-state index in [1.54, 1.807) is 0 Å². The van der Waals surface area contributed by atoms with Crippen molar-refractivity contribution in [3.05, 3.63) is 0 Å². The molecule has 0 aliphatic rings. The molecular weight excluding hydrogens is 258 g/mol. The van der Waals surface area contributed by atoms with Crippen molar-refractivity contribution < 1.29 is 19.4 Å². The smallest absolute Gasteiger partial charge is 0.323 e. The number of methoxy groups -OCH3 is 1. The molecule has 0 bridgehead atoms. The maximum atomic E-state index is 11.5. The number of nitrogens with one attached hydrogen (secondary N) is 1. The van der Waals surface area contributed by atoms with Crippen molar-refractivity contribution >= 4 is 5.97 Å². The molecule has 0 saturated carbocycles. The highest BCUT2D eigenvalue weighted by molar-refractivity contribution is 5.75. The average molecular weight is 289 g/mol. The molecule has 0 aliphatic heterocycles. The number of esters is 1. The molecule has 2 N–H and O–H groups in total. The van der Waals surface area contributed by atoms with E-state index in [4.69, 9.17) is 9.47 Å². The van der Waals surface area contributed by atoms with E-state index in [2.05, 4.69) is 19.2 Å². The fraction of sp³-hybridized carbons (Fsp3) is 0.933. The van der Waals surface area contributed by atoms with Crippen LogP contribution in [0.4, 0.5) is 0 Å². The molecule has 120 valence electrons. The molecule has 0 fully saturated rings. The minimum atomic E-state index is -0.611. The van der Waals surface area contributed by atoms with Gasteiger partial charge in [-0.1, -0.05) is 27.7 Å². The summed E-state index contributed by atoms with van der Waals surface area (Å²) in [4.78, 5) is 11.5. The molecule has 2 atom stereocenters. The number of hydrogen-bond acceptors (Lipinski definition) is 5. The Balaban J connectivity index is 3.79. The number of ether oxygens (including phenoxy) is 2. The molecule has 0 rings (SSSR count). The van der Waals surface area contributed by atoms with E-state index >= 15 is 0 Å². The van der Waals surface area contributed by atoms with Gasteiger partial charge in [0.1, 0.15) is 6.04 Å². The fourth-order valence-electron chi connectivity index (χ4n) is 1.85. The van der Waals surface area contributed by atoms with Gasteiger partial charge in [-0.15, -0.1) is 0 Å². The number of aliphatic hydroxyl groups is 1. The van der Waals surface area contributed by atoms with Crippen molar-refractivity contribution in [3.63, 3.8) is 0 Å². The van der Waals surface area contributed by atoms with Crippen LogP contribution >= 0.6 is 0 Å². The standard InChI is InChI=1S/C15H31NO4/c1-11(2)7-6-8-20-10-13(17)9-16-14(12(3)4)15(18)19-5/h11-14,16-17H,6-10H2,1-5H3. The van der Waals surface area contributed by atoms with Gasteiger partial charge in [0.25, 0.3) is 0 Å². The van der Waals surface area contributed by atoms with Crippen LogP contribution in [0.15, 0.2) is 0 Å². The SMILES string of the molecule is COC(=O)C(NCC(O)COCCCC(C)C)C(C)C. The van der Waals surface area contributed by atoms with Gasteiger partial charge < -0.3 is 19.9 Å². The van der Waals surface area contributed by atoms with Crippen LogP contribution in [0.2, 0.25) is 0 Å². The van der Waals surface area contributed by atoms with E-state index in [-0.39, 0.29) is 18.5 Å². The lowest BCUT2D eigenvalue weighted by atomic mass is 10.0. The Morgan fingerprint density at radius 3 is 2.40 bits per heavy atom. The Morgan fingerprint density at radius 2 is 1.90 bits per heavy atom. The summed E-state index contributed by atoms with van der Waals surface area (Å²) in [5.41, 5.74) is 0. The Kier molecular flexibility index (Phi) is 10.7. The minimum absolute atomic E-state index is 0.113. The van der Waals surface area contributed by atoms with Gasteiger partial charge in [-0.05, 0) is 24.7 Å². The summed E-state index contributed by atoms with van der Waals surface area (Å²) in [6.07, 6.45) is 1.53. The molecule has 0 aromatic rings. The normalized spacial score (nSPS) is 14.6. The molecule has 0 saturated heterocycles. The summed E-state index contributed by atoms with van der Waals surface area (Å²) in [5.74, 6) is 0.490. The molecule has 0 aromatic heterocycles. The zero-order chi connectivity index (χ0) is 15.5. The van der Waals surface area contributed by atoms with Crippen molar-refractivity contribution in [2.45, 2.75) is 52.7 Å². The highest BCUT2D eigenvalue weighted by atomic mass is 16.5. The van der Waals surface area contributed by atoms with Crippen LogP contribution in [-0.2, 0) is 14.3 Å². The Hall–Kier alpha value is -0.650. The van der Waals surface area contributed by atoms with Crippen molar-refractivity contribution in [2.24, 2.45) is 11.8 Å². The zero-order valence-corrected chi connectivity index (χ0v) is 13.5. The second-order valence-corrected chi connectivity index (χ2v) is 5.92. The van der Waals surface area contributed by atoms with E-state index < -0.39 is 12.1 Å². The maximum Gasteiger partial charge on any atom is 0.323 e. The monoisotopic (exact) mass is 289 g/mol. The van der Waals surface area contributed by atoms with E-state index in [0.717, 1.165) is 12.8 Å². The van der Waals surface area contributed by atoms with Gasteiger partial charge in [-0.2, -0.15) is 0 Å². The van der Waals surface area contributed by atoms with Gasteiger partial charge in [-0.25, -0.2) is 0 Å². The quantitative estimate of drug-likeness (QED) is 0.446. The van der Waals surface area contributed by atoms with Gasteiger partial charge in [-0.3, -0.25) is 4.79 Å². The predicted octanol–water partition coefficient (Wildman–Crippen LogP) is 1.59. The van der Waals surface area contributed by atoms with Crippen molar-refractivity contribution in [1.82, 2.24) is 5.32 Å². The number of carbonyl (C=O) groups excluding carboxylic acids is 1. The molecule has 0 heterocycles. The summed E-state index contributed by atoms with van der Waals surface area (Å²) in [6, 6.07) is -0.393. The van der Waals surface area contributed by atoms with E-state index in [1.165, 1.54) is 7.11 Å². The third kappa shape index (κ3) is 9.28. The van der Waals surface area contributed by atoms with Crippen LogP contribution in [0, 0.1) is 11.8 Å². The van der Waals surface area contributed by atoms with Crippen LogP contribution in [0.25, 0.3) is 0 Å². The lowest BCUT2D eigenvalue weighted by molar-refractivity contribution is -0.144. The summed E-state index contributed by atoms with van der Waals surface area (Å²) in [5, 5.41) is 12.8. The molecule has 0 aliphatic carbocycles. The summed E-state index contributed by atoms with van der Waals surface area (Å²) in [7, 11) is 1.37. The van der Waals surface area contributed by atoms with E-state index in [9.17, 15) is 9.90 Å². The molecule has 20 heavy (non-hydrogen) atoms. The second kappa shape index (κ2) is 11.1. The Labute approximate surface area is 123 Å². The summed E-state index contributed by atoms with van der Waals surface area (Å²) >= 11 is 0. The number of hydrogen-bond donors (Lipinski definition) is 2. The molecule has 0 amide bonds. The largest absolute Gasteiger partial charge is 0.468 e. The summed E-state index contributed by atoms with van der Waals surface area (Å²) in [6.45, 7) is 9.50. The second-order valence-electron chi connectivity index (χ2n) is 5.92. The Bertz CT molecular complexity index is 256. The molecule has 5 nitrogen and oxygen atoms in total. The van der Waals surface area contributed by atoms with Crippen molar-refractivity contribution in [3.8, 4) is 0 Å². The van der Waals surface area contributed by atoms with Gasteiger partial charge in [0, 0.05) is 13.2 Å². The van der Waals surface area contributed by atoms with Gasteiger partial charge in [0.15, 0.2) is 0 Å². The highest BCUT2D eigenvalue weighted by Crippen LogP contribution is 2.05. The number of aliphatic hydroxyl groups excluding tert-OH is 1. The first-order valence-electron chi connectivity index (χ1n) is 7.45. The lowest BCUT2D eigenvalue weighted by Gasteiger charge is -2.21. The van der Waals surface area contributed by atoms with Crippen LogP contribution in [-0.4, -0.2) is 50.1 Å². The topological polar surface area (TPSA) is 67.8 Å². The molecule has 0 aromatic carbocycles. The number of carbonyl (C=O) groups is 1. The lowest BCUT2D eigenvalue weighted by Crippen LogP contribution is -2.45. The van der Waals surface area contributed by atoms with Crippen LogP contribution in [0.3, 0.4) is 0 Å². The maximum absolute atomic E-state index is 11.5. The van der Waals surface area contributed by atoms with Gasteiger partial charge >= 0.3 is 5.97 Å². The van der Waals surface area contributed by atoms with Gasteiger partial charge in [0.2, 0.25) is 0 Å². The first kappa shape index (κ1) is 19.4. The van der Waals surface area contributed by atoms with Crippen LogP contribution in [0.5, 0.6) is 0 Å². The van der Waals surface area contributed by atoms with Gasteiger partial charge in [0.05, 0.1) is 19.8 Å². The first-order chi connectivity index (χ1) is 9.38. The molecule has 5 heteroatoms. The minimum Gasteiger partial charge on any atom is -0.468 e. The fourth-order valence-corrected chi connectivity index (χ4v) is 1.85. The third-order valence-electron chi connectivity index (χ3n) is 3.08. The van der Waals surface area contributed by atoms with Crippen molar-refractivity contribution in [1.29, 1.82) is 0 Å². The molecule has 0 spiro atoms. The molecular formula is C15H31NO4. The van der Waals surface area contributed by atoms with Crippen LogP contribution in [0.1, 0.15) is 40.5 Å². The predicted molar refractivity (Wildman–Crippen MR) is 79.5 cm³/mol. The first-order valence-corrected chi connectivity index (χ1v) is 7.45.